The Bertz CT molecular complexity index is 2200. The normalized spacial score (nSPS) is 17.3. The maximum Gasteiger partial charge on any atom is 0.0599 e. The molecular formula is C49H52N2. The summed E-state index contributed by atoms with van der Waals surface area (Å²) in [5, 5.41) is 2.50. The summed E-state index contributed by atoms with van der Waals surface area (Å²) in [4.78, 5) is 5.28. The third-order valence-corrected chi connectivity index (χ3v) is 11.6. The molecule has 8 rings (SSSR count). The van der Waals surface area contributed by atoms with Gasteiger partial charge in [-0.3, -0.25) is 0 Å². The summed E-state index contributed by atoms with van der Waals surface area (Å²) in [5.41, 5.74) is 14.9. The van der Waals surface area contributed by atoms with Gasteiger partial charge < -0.3 is 9.80 Å². The van der Waals surface area contributed by atoms with Crippen LogP contribution in [0.4, 0.5) is 22.7 Å². The van der Waals surface area contributed by atoms with Crippen LogP contribution < -0.4 is 9.80 Å². The number of rotatable bonds is 7. The third kappa shape index (κ3) is 5.64. The molecule has 51 heavy (non-hydrogen) atoms. The molecule has 0 amide bonds. The van der Waals surface area contributed by atoms with Gasteiger partial charge in [0, 0.05) is 28.0 Å². The Morgan fingerprint density at radius 1 is 0.608 bits per heavy atom. The summed E-state index contributed by atoms with van der Waals surface area (Å²) in [6, 6.07) is 48.2. The van der Waals surface area contributed by atoms with Crippen molar-refractivity contribution < 1.29 is 0 Å². The van der Waals surface area contributed by atoms with E-state index in [0.29, 0.717) is 11.8 Å². The predicted octanol–water partition coefficient (Wildman–Crippen LogP) is 13.9. The van der Waals surface area contributed by atoms with Crippen LogP contribution in [0.2, 0.25) is 0 Å². The Labute approximate surface area is 305 Å². The molecule has 0 saturated carbocycles. The first kappa shape index (κ1) is 33.3. The second kappa shape index (κ2) is 12.4. The van der Waals surface area contributed by atoms with Gasteiger partial charge in [0.2, 0.25) is 0 Å². The molecular weight excluding hydrogens is 617 g/mol. The molecule has 1 saturated heterocycles. The summed E-state index contributed by atoms with van der Waals surface area (Å²) >= 11 is 0. The number of para-hydroxylation sites is 1. The van der Waals surface area contributed by atoms with E-state index in [9.17, 15) is 0 Å². The maximum atomic E-state index is 2.81. The van der Waals surface area contributed by atoms with Crippen molar-refractivity contribution in [1.82, 2.24) is 0 Å². The van der Waals surface area contributed by atoms with Crippen molar-refractivity contribution in [2.24, 2.45) is 5.41 Å². The van der Waals surface area contributed by atoms with Gasteiger partial charge in [-0.15, -0.1) is 0 Å². The van der Waals surface area contributed by atoms with Gasteiger partial charge in [-0.1, -0.05) is 139 Å². The lowest BCUT2D eigenvalue weighted by Gasteiger charge is -2.43. The van der Waals surface area contributed by atoms with Gasteiger partial charge in [0.1, 0.15) is 0 Å². The zero-order valence-corrected chi connectivity index (χ0v) is 31.7. The van der Waals surface area contributed by atoms with Gasteiger partial charge in [-0.05, 0) is 119 Å². The van der Waals surface area contributed by atoms with Crippen molar-refractivity contribution in [3.8, 4) is 11.1 Å². The van der Waals surface area contributed by atoms with E-state index >= 15 is 0 Å². The summed E-state index contributed by atoms with van der Waals surface area (Å²) in [7, 11) is 0. The second-order valence-corrected chi connectivity index (χ2v) is 16.9. The minimum absolute atomic E-state index is 0.00281. The maximum absolute atomic E-state index is 2.81. The van der Waals surface area contributed by atoms with Gasteiger partial charge in [0.25, 0.3) is 0 Å². The van der Waals surface area contributed by atoms with Crippen molar-refractivity contribution >= 4 is 33.5 Å². The molecule has 0 bridgehead atoms. The lowest BCUT2D eigenvalue weighted by Crippen LogP contribution is -2.41. The van der Waals surface area contributed by atoms with Gasteiger partial charge >= 0.3 is 0 Å². The van der Waals surface area contributed by atoms with E-state index < -0.39 is 0 Å². The van der Waals surface area contributed by atoms with Gasteiger partial charge in [0.15, 0.2) is 0 Å². The Morgan fingerprint density at radius 2 is 1.22 bits per heavy atom. The molecule has 0 radical (unpaired) electrons. The lowest BCUT2D eigenvalue weighted by atomic mass is 9.78. The number of hydrogen-bond donors (Lipinski definition) is 0. The van der Waals surface area contributed by atoms with Crippen LogP contribution in [0.5, 0.6) is 0 Å². The van der Waals surface area contributed by atoms with Crippen molar-refractivity contribution in [3.05, 3.63) is 155 Å². The van der Waals surface area contributed by atoms with E-state index in [2.05, 4.69) is 193 Å². The Morgan fingerprint density at radius 3 is 1.94 bits per heavy atom. The summed E-state index contributed by atoms with van der Waals surface area (Å²) in [6.45, 7) is 19.3. The van der Waals surface area contributed by atoms with Crippen LogP contribution in [0, 0.1) is 5.41 Å². The number of fused-ring (bicyclic) bond motifs is 4. The molecule has 6 aromatic rings. The fourth-order valence-electron chi connectivity index (χ4n) is 9.70. The monoisotopic (exact) mass is 668 g/mol. The number of hydrogen-bond acceptors (Lipinski definition) is 2. The quantitative estimate of drug-likeness (QED) is 0.167. The SMILES string of the molecule is CC(C)c1cccc(C(C)C)c1N1C(c2ccc(N(c3ccc4c(c3)-c3ccccc3C4)c3cccc4ccccc34)cc2)C(C)(C)CC1(C)C. The van der Waals surface area contributed by atoms with Crippen LogP contribution in [0.3, 0.4) is 0 Å². The average Bonchev–Trinajstić information content (AvgIpc) is 3.57. The molecule has 2 nitrogen and oxygen atoms in total. The number of anilines is 4. The van der Waals surface area contributed by atoms with E-state index in [-0.39, 0.29) is 17.0 Å². The first-order chi connectivity index (χ1) is 24.4. The van der Waals surface area contributed by atoms with Crippen LogP contribution >= 0.6 is 0 Å². The third-order valence-electron chi connectivity index (χ3n) is 11.6. The van der Waals surface area contributed by atoms with E-state index in [1.54, 1.807) is 0 Å². The number of benzene rings is 6. The molecule has 1 aliphatic carbocycles. The van der Waals surface area contributed by atoms with E-state index in [0.717, 1.165) is 12.8 Å². The molecule has 1 aliphatic heterocycles. The number of nitrogens with zero attached hydrogens (tertiary/aromatic N) is 2. The van der Waals surface area contributed by atoms with E-state index in [1.165, 1.54) is 72.5 Å². The van der Waals surface area contributed by atoms with Gasteiger partial charge in [0.05, 0.1) is 11.7 Å². The lowest BCUT2D eigenvalue weighted by molar-refractivity contribution is 0.320. The smallest absolute Gasteiger partial charge is 0.0599 e. The van der Waals surface area contributed by atoms with Crippen LogP contribution in [-0.4, -0.2) is 5.54 Å². The van der Waals surface area contributed by atoms with Crippen molar-refractivity contribution in [1.29, 1.82) is 0 Å². The molecule has 1 heterocycles. The first-order valence-corrected chi connectivity index (χ1v) is 19.0. The Hall–Kier alpha value is -4.82. The fourth-order valence-corrected chi connectivity index (χ4v) is 9.70. The highest BCUT2D eigenvalue weighted by atomic mass is 15.3. The molecule has 6 aromatic carbocycles. The molecule has 2 heteroatoms. The molecule has 0 spiro atoms. The molecule has 0 aromatic heterocycles. The highest BCUT2D eigenvalue weighted by molar-refractivity contribution is 5.99. The second-order valence-electron chi connectivity index (χ2n) is 16.9. The average molecular weight is 669 g/mol. The minimum Gasteiger partial charge on any atom is -0.358 e. The van der Waals surface area contributed by atoms with Crippen molar-refractivity contribution in [2.75, 3.05) is 9.80 Å². The largest absolute Gasteiger partial charge is 0.358 e. The highest BCUT2D eigenvalue weighted by Crippen LogP contribution is 2.58. The van der Waals surface area contributed by atoms with Gasteiger partial charge in [-0.2, -0.15) is 0 Å². The van der Waals surface area contributed by atoms with Crippen molar-refractivity contribution in [3.63, 3.8) is 0 Å². The molecule has 258 valence electrons. The standard InChI is InChI=1S/C49H52N2/c1-32(2)40-20-14-21-41(33(3)4)46(40)51-47(48(5,6)31-49(51,7)8)35-23-26-38(27-24-35)50(45-22-13-17-34-15-9-12-19-43(34)45)39-28-25-37-29-36-16-10-11-18-42(36)44(37)30-39/h9-28,30,32-33,47H,29,31H2,1-8H3. The van der Waals surface area contributed by atoms with E-state index in [1.807, 2.05) is 0 Å². The summed E-state index contributed by atoms with van der Waals surface area (Å²) in [5.74, 6) is 0.879. The fraction of sp³-hybridized carbons (Fsp3) is 0.306. The zero-order valence-electron chi connectivity index (χ0n) is 31.7. The molecule has 0 N–H and O–H groups in total. The van der Waals surface area contributed by atoms with Crippen LogP contribution in [-0.2, 0) is 6.42 Å². The summed E-state index contributed by atoms with van der Waals surface area (Å²) in [6.07, 6.45) is 2.12. The predicted molar refractivity (Wildman–Crippen MR) is 219 cm³/mol. The van der Waals surface area contributed by atoms with Crippen molar-refractivity contribution in [2.45, 2.75) is 91.6 Å². The minimum atomic E-state index is -0.00281. The molecule has 2 aliphatic rings. The summed E-state index contributed by atoms with van der Waals surface area (Å²) < 4.78 is 0. The molecule has 1 unspecified atom stereocenters. The van der Waals surface area contributed by atoms with Gasteiger partial charge in [-0.25, -0.2) is 0 Å². The zero-order chi connectivity index (χ0) is 35.7. The Kier molecular flexibility index (Phi) is 8.13. The Balaban J connectivity index is 1.28. The highest BCUT2D eigenvalue weighted by Gasteiger charge is 2.52. The molecule has 1 atom stereocenters. The first-order valence-electron chi connectivity index (χ1n) is 19.0. The van der Waals surface area contributed by atoms with E-state index in [4.69, 9.17) is 0 Å². The van der Waals surface area contributed by atoms with Crippen LogP contribution in [0.15, 0.2) is 127 Å². The van der Waals surface area contributed by atoms with Crippen LogP contribution in [0.25, 0.3) is 21.9 Å². The van der Waals surface area contributed by atoms with Crippen LogP contribution in [0.1, 0.15) is 108 Å². The molecule has 1 fully saturated rings. The topological polar surface area (TPSA) is 6.48 Å².